The van der Waals surface area contributed by atoms with Gasteiger partial charge in [-0.05, 0) is 12.1 Å². The van der Waals surface area contributed by atoms with Crippen LogP contribution in [0.2, 0.25) is 0 Å². The van der Waals surface area contributed by atoms with Crippen LogP contribution in [-0.4, -0.2) is 23.8 Å². The fraction of sp³-hybridized carbons (Fsp3) is 0.200. The Hall–Kier alpha value is -2.32. The molecule has 0 atom stereocenters. The van der Waals surface area contributed by atoms with Crippen molar-refractivity contribution in [2.24, 2.45) is 5.73 Å². The highest BCUT2D eigenvalue weighted by Gasteiger charge is 2.08. The van der Waals surface area contributed by atoms with Crippen molar-refractivity contribution in [2.75, 3.05) is 11.6 Å². The number of nitrogens with two attached hydrogens (primary N) is 1. The van der Waals surface area contributed by atoms with Crippen molar-refractivity contribution < 1.29 is 19.6 Å². The maximum Gasteiger partial charge on any atom is 0.329 e. The molecule has 0 heterocycles. The predicted molar refractivity (Wildman–Crippen MR) is 62.1 cm³/mol. The van der Waals surface area contributed by atoms with E-state index in [9.17, 15) is 14.8 Å². The fourth-order valence-corrected chi connectivity index (χ4v) is 1.11. The number of carbonyl (C=O) groups is 2. The summed E-state index contributed by atoms with van der Waals surface area (Å²) in [6.45, 7) is 0.0566. The zero-order valence-corrected chi connectivity index (χ0v) is 9.50. The van der Waals surface area contributed by atoms with E-state index in [0.29, 0.717) is 5.69 Å². The summed E-state index contributed by atoms with van der Waals surface area (Å²) in [7, 11) is 0. The van der Waals surface area contributed by atoms with Crippen LogP contribution >= 0.6 is 0 Å². The maximum absolute atomic E-state index is 11.1. The molecule has 2 amide bonds. The Bertz CT molecular complexity index is 398. The number of rotatable bonds is 6. The summed E-state index contributed by atoms with van der Waals surface area (Å²) in [5.74, 6) is -0.654. The van der Waals surface area contributed by atoms with Gasteiger partial charge in [-0.3, -0.25) is 15.1 Å². The molecule has 0 saturated heterocycles. The molecule has 5 N–H and O–H groups in total. The lowest BCUT2D eigenvalue weighted by molar-refractivity contribution is -0.152. The van der Waals surface area contributed by atoms with Gasteiger partial charge in [0.25, 0.3) is 0 Å². The van der Waals surface area contributed by atoms with Crippen LogP contribution in [0, 0.1) is 0 Å². The van der Waals surface area contributed by atoms with Gasteiger partial charge in [-0.15, -0.1) is 0 Å². The number of hydrogen-bond donors (Lipinski definition) is 4. The summed E-state index contributed by atoms with van der Waals surface area (Å²) < 4.78 is 0. The number of benzene rings is 1. The molecule has 0 radical (unpaired) electrons. The minimum atomic E-state index is -0.879. The van der Waals surface area contributed by atoms with Crippen LogP contribution in [0.3, 0.4) is 0 Å². The molecule has 0 aromatic heterocycles. The van der Waals surface area contributed by atoms with Gasteiger partial charge in [0.15, 0.2) is 0 Å². The van der Waals surface area contributed by atoms with Crippen LogP contribution in [0.25, 0.3) is 0 Å². The SMILES string of the molecule is NC(=O)NNOC(=O)CCN(O)c1ccccc1. The van der Waals surface area contributed by atoms with Crippen molar-refractivity contribution >= 4 is 17.7 Å². The normalized spacial score (nSPS) is 9.61. The van der Waals surface area contributed by atoms with E-state index in [1.54, 1.807) is 24.3 Å². The number of para-hydroxylation sites is 1. The molecule has 1 rings (SSSR count). The zero-order chi connectivity index (χ0) is 13.4. The van der Waals surface area contributed by atoms with E-state index in [-0.39, 0.29) is 13.0 Å². The first-order chi connectivity index (χ1) is 8.59. The van der Waals surface area contributed by atoms with Crippen LogP contribution < -0.4 is 21.8 Å². The third-order valence-electron chi connectivity index (χ3n) is 1.92. The van der Waals surface area contributed by atoms with Gasteiger partial charge in [0, 0.05) is 0 Å². The summed E-state index contributed by atoms with van der Waals surface area (Å²) in [5, 5.41) is 10.5. The molecule has 0 bridgehead atoms. The van der Waals surface area contributed by atoms with E-state index in [0.717, 1.165) is 5.06 Å². The Balaban J connectivity index is 2.24. The molecular weight excluding hydrogens is 240 g/mol. The number of hydroxylamine groups is 1. The van der Waals surface area contributed by atoms with Gasteiger partial charge >= 0.3 is 12.0 Å². The summed E-state index contributed by atoms with van der Waals surface area (Å²) in [6.07, 6.45) is -0.0706. The van der Waals surface area contributed by atoms with Gasteiger partial charge in [0.05, 0.1) is 18.7 Å². The summed E-state index contributed by atoms with van der Waals surface area (Å²) >= 11 is 0. The second-order valence-corrected chi connectivity index (χ2v) is 3.27. The number of nitrogens with one attached hydrogen (secondary N) is 2. The number of amides is 2. The summed E-state index contributed by atoms with van der Waals surface area (Å²) in [6, 6.07) is 7.84. The van der Waals surface area contributed by atoms with E-state index >= 15 is 0 Å². The van der Waals surface area contributed by atoms with E-state index in [1.807, 2.05) is 17.1 Å². The third-order valence-corrected chi connectivity index (χ3v) is 1.92. The summed E-state index contributed by atoms with van der Waals surface area (Å²) in [5.41, 5.74) is 9.03. The van der Waals surface area contributed by atoms with Crippen molar-refractivity contribution in [1.29, 1.82) is 0 Å². The van der Waals surface area contributed by atoms with Crippen molar-refractivity contribution in [1.82, 2.24) is 11.0 Å². The fourth-order valence-electron chi connectivity index (χ4n) is 1.11. The van der Waals surface area contributed by atoms with Crippen LogP contribution in [0.1, 0.15) is 6.42 Å². The van der Waals surface area contributed by atoms with E-state index in [1.165, 1.54) is 0 Å². The number of hydrogen-bond acceptors (Lipinski definition) is 6. The lowest BCUT2D eigenvalue weighted by Crippen LogP contribution is -2.42. The second kappa shape index (κ2) is 7.09. The number of hydrazine groups is 1. The van der Waals surface area contributed by atoms with E-state index in [4.69, 9.17) is 5.73 Å². The van der Waals surface area contributed by atoms with Gasteiger partial charge < -0.3 is 10.6 Å². The monoisotopic (exact) mass is 254 g/mol. The van der Waals surface area contributed by atoms with Crippen molar-refractivity contribution in [3.8, 4) is 0 Å². The molecule has 98 valence electrons. The molecule has 0 unspecified atom stereocenters. The van der Waals surface area contributed by atoms with Gasteiger partial charge in [-0.2, -0.15) is 0 Å². The largest absolute Gasteiger partial charge is 0.351 e. The first-order valence-electron chi connectivity index (χ1n) is 5.11. The third kappa shape index (κ3) is 5.14. The molecule has 0 aliphatic carbocycles. The first-order valence-corrected chi connectivity index (χ1v) is 5.11. The quantitative estimate of drug-likeness (QED) is 0.527. The average Bonchev–Trinajstić information content (AvgIpc) is 2.36. The minimum Gasteiger partial charge on any atom is -0.351 e. The molecule has 8 nitrogen and oxygen atoms in total. The lowest BCUT2D eigenvalue weighted by atomic mass is 10.3. The predicted octanol–water partition coefficient (Wildman–Crippen LogP) is -0.0966. The topological polar surface area (TPSA) is 117 Å². The number of urea groups is 1. The summed E-state index contributed by atoms with van der Waals surface area (Å²) in [4.78, 5) is 25.8. The minimum absolute atomic E-state index is 0.0566. The standard InChI is InChI=1S/C10H14N4O4/c11-10(16)12-13-18-9(15)6-7-14(17)8-4-2-1-3-5-8/h1-5,13,17H,6-7H2,(H3,11,12,16). The maximum atomic E-state index is 11.1. The van der Waals surface area contributed by atoms with Crippen molar-refractivity contribution in [3.05, 3.63) is 30.3 Å². The molecule has 1 aromatic rings. The van der Waals surface area contributed by atoms with Gasteiger partial charge in [0.1, 0.15) is 0 Å². The van der Waals surface area contributed by atoms with Crippen molar-refractivity contribution in [2.45, 2.75) is 6.42 Å². The van der Waals surface area contributed by atoms with Gasteiger partial charge in [-0.1, -0.05) is 23.8 Å². The number of anilines is 1. The van der Waals surface area contributed by atoms with Crippen LogP contribution in [0.4, 0.5) is 10.5 Å². The van der Waals surface area contributed by atoms with Crippen molar-refractivity contribution in [3.63, 3.8) is 0 Å². The number of nitrogens with zero attached hydrogens (tertiary/aromatic N) is 1. The highest BCUT2D eigenvalue weighted by atomic mass is 16.7. The number of carbonyl (C=O) groups excluding carboxylic acids is 2. The van der Waals surface area contributed by atoms with Crippen LogP contribution in [0.15, 0.2) is 30.3 Å². The molecule has 18 heavy (non-hydrogen) atoms. The van der Waals surface area contributed by atoms with E-state index in [2.05, 4.69) is 4.84 Å². The Morgan fingerprint density at radius 1 is 1.33 bits per heavy atom. The Labute approximate surface area is 103 Å². The molecule has 0 aliphatic rings. The smallest absolute Gasteiger partial charge is 0.329 e. The molecule has 8 heteroatoms. The van der Waals surface area contributed by atoms with Crippen LogP contribution in [-0.2, 0) is 9.63 Å². The lowest BCUT2D eigenvalue weighted by Gasteiger charge is -2.16. The highest BCUT2D eigenvalue weighted by Crippen LogP contribution is 2.10. The molecule has 0 spiro atoms. The van der Waals surface area contributed by atoms with Crippen LogP contribution in [0.5, 0.6) is 0 Å². The van der Waals surface area contributed by atoms with Gasteiger partial charge in [-0.25, -0.2) is 10.2 Å². The van der Waals surface area contributed by atoms with Gasteiger partial charge in [0.2, 0.25) is 0 Å². The second-order valence-electron chi connectivity index (χ2n) is 3.27. The highest BCUT2D eigenvalue weighted by molar-refractivity contribution is 5.72. The molecule has 0 aliphatic heterocycles. The Kier molecular flexibility index (Phi) is 5.42. The molecule has 0 fully saturated rings. The Morgan fingerprint density at radius 2 is 2.00 bits per heavy atom. The first kappa shape index (κ1) is 13.7. The zero-order valence-electron chi connectivity index (χ0n) is 9.50. The molecular formula is C10H14N4O4. The molecule has 1 aromatic carbocycles. The Morgan fingerprint density at radius 3 is 2.61 bits per heavy atom. The average molecular weight is 254 g/mol. The molecule has 0 saturated carbocycles. The number of primary amides is 1. The van der Waals surface area contributed by atoms with E-state index < -0.39 is 12.0 Å².